The third kappa shape index (κ3) is 6.24. The zero-order chi connectivity index (χ0) is 23.1. The van der Waals surface area contributed by atoms with Crippen LogP contribution in [0.25, 0.3) is 0 Å². The number of hydrogen-bond acceptors (Lipinski definition) is 4. The van der Waals surface area contributed by atoms with E-state index in [4.69, 9.17) is 16.3 Å². The van der Waals surface area contributed by atoms with E-state index in [0.717, 1.165) is 17.7 Å². The molecule has 0 radical (unpaired) electrons. The molecule has 3 aromatic rings. The van der Waals surface area contributed by atoms with Gasteiger partial charge in [0, 0.05) is 11.3 Å². The molecule has 0 unspecified atom stereocenters. The van der Waals surface area contributed by atoms with Crippen molar-refractivity contribution in [3.8, 4) is 5.75 Å². The van der Waals surface area contributed by atoms with Crippen LogP contribution >= 0.6 is 11.6 Å². The number of halogens is 1. The fourth-order valence-electron chi connectivity index (χ4n) is 3.03. The molecule has 0 fully saturated rings. The molecule has 0 aliphatic carbocycles. The molecular formula is C24H25ClN2O4S. The van der Waals surface area contributed by atoms with Gasteiger partial charge in [-0.1, -0.05) is 42.8 Å². The number of carbonyl (C=O) groups excluding carboxylic acids is 1. The minimum Gasteiger partial charge on any atom is -0.492 e. The highest BCUT2D eigenvalue weighted by Gasteiger charge is 2.20. The Morgan fingerprint density at radius 2 is 1.78 bits per heavy atom. The first kappa shape index (κ1) is 23.6. The molecule has 1 amide bonds. The lowest BCUT2D eigenvalue weighted by atomic mass is 10.2. The first-order valence-corrected chi connectivity index (χ1v) is 12.0. The number of carbonyl (C=O) groups is 1. The lowest BCUT2D eigenvalue weighted by Gasteiger charge is -2.12. The van der Waals surface area contributed by atoms with Crippen LogP contribution in [0.5, 0.6) is 5.75 Å². The van der Waals surface area contributed by atoms with Crippen LogP contribution in [-0.4, -0.2) is 27.5 Å². The molecule has 0 bridgehead atoms. The van der Waals surface area contributed by atoms with Crippen LogP contribution in [-0.2, 0) is 16.4 Å². The van der Waals surface area contributed by atoms with E-state index in [9.17, 15) is 13.2 Å². The van der Waals surface area contributed by atoms with Crippen molar-refractivity contribution in [1.82, 2.24) is 5.32 Å². The summed E-state index contributed by atoms with van der Waals surface area (Å²) in [5, 5.41) is 2.75. The summed E-state index contributed by atoms with van der Waals surface area (Å²) < 4.78 is 33.8. The van der Waals surface area contributed by atoms with Crippen molar-refractivity contribution in [2.45, 2.75) is 25.2 Å². The minimum absolute atomic E-state index is 0.0283. The number of rotatable bonds is 9. The average Bonchev–Trinajstić information content (AvgIpc) is 2.77. The lowest BCUT2D eigenvalue weighted by Crippen LogP contribution is -2.28. The van der Waals surface area contributed by atoms with Crippen LogP contribution in [0.4, 0.5) is 5.69 Å². The number of aryl methyl sites for hydroxylation is 2. The zero-order valence-corrected chi connectivity index (χ0v) is 19.5. The predicted octanol–water partition coefficient (Wildman–Crippen LogP) is 4.82. The van der Waals surface area contributed by atoms with Crippen LogP contribution in [0.3, 0.4) is 0 Å². The van der Waals surface area contributed by atoms with Gasteiger partial charge in [0.1, 0.15) is 17.3 Å². The molecule has 168 valence electrons. The van der Waals surface area contributed by atoms with Crippen molar-refractivity contribution in [3.63, 3.8) is 0 Å². The van der Waals surface area contributed by atoms with E-state index in [2.05, 4.69) is 17.0 Å². The van der Waals surface area contributed by atoms with Crippen molar-refractivity contribution in [2.75, 3.05) is 17.9 Å². The maximum absolute atomic E-state index is 12.8. The molecule has 8 heteroatoms. The van der Waals surface area contributed by atoms with E-state index < -0.39 is 15.9 Å². The van der Waals surface area contributed by atoms with E-state index in [-0.39, 0.29) is 28.6 Å². The second kappa shape index (κ2) is 10.5. The first-order valence-electron chi connectivity index (χ1n) is 10.2. The second-order valence-corrected chi connectivity index (χ2v) is 9.28. The van der Waals surface area contributed by atoms with Gasteiger partial charge in [-0.2, -0.15) is 0 Å². The van der Waals surface area contributed by atoms with Crippen molar-refractivity contribution in [3.05, 3.63) is 88.4 Å². The van der Waals surface area contributed by atoms with Crippen LogP contribution in [0.15, 0.2) is 71.6 Å². The molecule has 2 N–H and O–H groups in total. The topological polar surface area (TPSA) is 84.5 Å². The van der Waals surface area contributed by atoms with Gasteiger partial charge in [-0.15, -0.1) is 0 Å². The van der Waals surface area contributed by atoms with Crippen molar-refractivity contribution in [2.24, 2.45) is 0 Å². The van der Waals surface area contributed by atoms with Gasteiger partial charge in [-0.05, 0) is 66.9 Å². The third-order valence-electron chi connectivity index (χ3n) is 4.74. The van der Waals surface area contributed by atoms with Crippen LogP contribution in [0.1, 0.15) is 28.4 Å². The van der Waals surface area contributed by atoms with E-state index in [1.165, 1.54) is 23.8 Å². The fraction of sp³-hybridized carbons (Fsp3) is 0.208. The van der Waals surface area contributed by atoms with Gasteiger partial charge >= 0.3 is 0 Å². The van der Waals surface area contributed by atoms with E-state index in [1.54, 1.807) is 18.2 Å². The van der Waals surface area contributed by atoms with Gasteiger partial charge in [-0.25, -0.2) is 8.42 Å². The lowest BCUT2D eigenvalue weighted by molar-refractivity contribution is 0.0947. The molecule has 0 heterocycles. The Bertz CT molecular complexity index is 1190. The zero-order valence-electron chi connectivity index (χ0n) is 17.9. The maximum atomic E-state index is 12.8. The Kier molecular flexibility index (Phi) is 7.77. The summed E-state index contributed by atoms with van der Waals surface area (Å²) in [6, 6.07) is 18.9. The van der Waals surface area contributed by atoms with Gasteiger partial charge in [0.2, 0.25) is 0 Å². The normalized spacial score (nSPS) is 11.1. The molecule has 32 heavy (non-hydrogen) atoms. The number of amides is 1. The molecular weight excluding hydrogens is 448 g/mol. The number of ether oxygens (including phenoxy) is 1. The minimum atomic E-state index is -3.97. The number of benzene rings is 3. The monoisotopic (exact) mass is 472 g/mol. The third-order valence-corrected chi connectivity index (χ3v) is 6.60. The second-order valence-electron chi connectivity index (χ2n) is 7.22. The average molecular weight is 473 g/mol. The molecule has 0 atom stereocenters. The van der Waals surface area contributed by atoms with Crippen molar-refractivity contribution < 1.29 is 17.9 Å². The number of sulfonamides is 1. The van der Waals surface area contributed by atoms with Gasteiger partial charge in [0.25, 0.3) is 15.9 Å². The Balaban J connectivity index is 1.62. The Morgan fingerprint density at radius 3 is 2.47 bits per heavy atom. The molecule has 0 saturated heterocycles. The van der Waals surface area contributed by atoms with E-state index >= 15 is 0 Å². The van der Waals surface area contributed by atoms with E-state index in [0.29, 0.717) is 5.69 Å². The number of anilines is 1. The number of hydrogen-bond donors (Lipinski definition) is 2. The Morgan fingerprint density at radius 1 is 1.03 bits per heavy atom. The van der Waals surface area contributed by atoms with Gasteiger partial charge in [0.05, 0.1) is 11.6 Å². The molecule has 0 aliphatic rings. The maximum Gasteiger partial charge on any atom is 0.263 e. The summed E-state index contributed by atoms with van der Waals surface area (Å²) in [5.41, 5.74) is 2.73. The molecule has 0 saturated carbocycles. The fourth-order valence-corrected chi connectivity index (χ4v) is 4.60. The molecule has 0 spiro atoms. The molecule has 3 aromatic carbocycles. The summed E-state index contributed by atoms with van der Waals surface area (Å²) in [6.07, 6.45) is 0.954. The quantitative estimate of drug-likeness (QED) is 0.437. The highest BCUT2D eigenvalue weighted by molar-refractivity contribution is 7.92. The summed E-state index contributed by atoms with van der Waals surface area (Å²) in [5.74, 6) is 0.303. The largest absolute Gasteiger partial charge is 0.492 e. The van der Waals surface area contributed by atoms with Gasteiger partial charge < -0.3 is 10.1 Å². The highest BCUT2D eigenvalue weighted by atomic mass is 35.5. The molecule has 3 rings (SSSR count). The number of nitrogens with one attached hydrogen (secondary N) is 2. The summed E-state index contributed by atoms with van der Waals surface area (Å²) in [7, 11) is -3.97. The first-order chi connectivity index (χ1) is 15.3. The summed E-state index contributed by atoms with van der Waals surface area (Å²) in [4.78, 5) is 12.3. The van der Waals surface area contributed by atoms with Gasteiger partial charge in [0.15, 0.2) is 0 Å². The van der Waals surface area contributed by atoms with Crippen molar-refractivity contribution >= 4 is 33.2 Å². The Labute approximate surface area is 193 Å². The molecule has 6 nitrogen and oxygen atoms in total. The molecule has 0 aliphatic heterocycles. The van der Waals surface area contributed by atoms with Crippen LogP contribution < -0.4 is 14.8 Å². The standard InChI is InChI=1S/C24H25ClN2O4S/c1-3-18-7-10-21(11-8-18)31-14-13-26-24(28)19-9-12-22(25)23(16-19)32(29,30)27-20-6-4-5-17(2)15-20/h4-12,15-16,27H,3,13-14H2,1-2H3,(H,26,28). The van der Waals surface area contributed by atoms with Gasteiger partial charge in [-0.3, -0.25) is 9.52 Å². The van der Waals surface area contributed by atoms with Crippen LogP contribution in [0, 0.1) is 6.92 Å². The predicted molar refractivity (Wildman–Crippen MR) is 127 cm³/mol. The van der Waals surface area contributed by atoms with E-state index in [1.807, 2.05) is 37.3 Å². The summed E-state index contributed by atoms with van der Waals surface area (Å²) >= 11 is 6.13. The SMILES string of the molecule is CCc1ccc(OCCNC(=O)c2ccc(Cl)c(S(=O)(=O)Nc3cccc(C)c3)c2)cc1. The smallest absolute Gasteiger partial charge is 0.263 e. The Hall–Kier alpha value is -3.03. The van der Waals surface area contributed by atoms with Crippen LogP contribution in [0.2, 0.25) is 5.02 Å². The summed E-state index contributed by atoms with van der Waals surface area (Å²) in [6.45, 7) is 4.49. The van der Waals surface area contributed by atoms with Crippen molar-refractivity contribution in [1.29, 1.82) is 0 Å². The molecule has 0 aromatic heterocycles. The highest BCUT2D eigenvalue weighted by Crippen LogP contribution is 2.25.